The van der Waals surface area contributed by atoms with E-state index in [2.05, 4.69) is 232 Å². The third-order valence-electron chi connectivity index (χ3n) is 19.1. The largest absolute Gasteiger partial charge is 0.472 e. The molecule has 0 amide bonds. The summed E-state index contributed by atoms with van der Waals surface area (Å²) >= 11 is 2.73. The lowest BCUT2D eigenvalue weighted by Gasteiger charge is -2.49. The fourth-order valence-corrected chi connectivity index (χ4v) is 14.6. The van der Waals surface area contributed by atoms with Crippen LogP contribution in [0.4, 0.5) is 28.4 Å². The molecule has 10 rings (SSSR count). The first-order chi connectivity index (χ1) is 31.5. The van der Waals surface area contributed by atoms with Crippen LogP contribution in [0.5, 0.6) is 0 Å². The van der Waals surface area contributed by atoms with E-state index >= 15 is 0 Å². The standard InChI is InChI=1S/C64H86BIN2O/c1-37-30-45(64(20,21)66)41(57(5,6)7)35-47(37)68-48-36-44-43(60(12,13)26-27-61(44,14)15)34-46(48)65-52-49(31-38(32-50(52)68)56(2,3)4)67(39-22-23-40-42(33-39)59(10,11)25-24-58(40,8)9)53-51-54(69-55(53)65)63(18,19)29-28-62(51,16)17/h22-23,30-36,41,45H,24-29H2,1-21H3. The highest BCUT2D eigenvalue weighted by Gasteiger charge is 2.54. The smallest absolute Gasteiger partial charge is 0.297 e. The average molecular weight is 1040 g/mol. The summed E-state index contributed by atoms with van der Waals surface area (Å²) < 4.78 is 7.97. The van der Waals surface area contributed by atoms with Crippen LogP contribution in [0.2, 0.25) is 0 Å². The second-order valence-corrected chi connectivity index (χ2v) is 32.5. The third kappa shape index (κ3) is 7.49. The number of alkyl halides is 1. The number of furan rings is 1. The number of allylic oxidation sites excluding steroid dienone is 3. The van der Waals surface area contributed by atoms with Gasteiger partial charge in [-0.2, -0.15) is 0 Å². The fraction of sp³-hybridized carbons (Fsp3) is 0.594. The minimum Gasteiger partial charge on any atom is -0.472 e. The molecule has 2 atom stereocenters. The number of hydrogen-bond acceptors (Lipinski definition) is 3. The van der Waals surface area contributed by atoms with Gasteiger partial charge in [-0.1, -0.05) is 185 Å². The van der Waals surface area contributed by atoms with Crippen LogP contribution < -0.4 is 26.4 Å². The summed E-state index contributed by atoms with van der Waals surface area (Å²) in [5.74, 6) is 1.93. The van der Waals surface area contributed by atoms with E-state index in [-0.39, 0.29) is 53.5 Å². The third-order valence-corrected chi connectivity index (χ3v) is 19.8. The number of nitrogens with zero attached hydrogens (tertiary/aromatic N) is 2. The molecule has 3 heterocycles. The topological polar surface area (TPSA) is 19.6 Å². The second-order valence-electron chi connectivity index (χ2n) is 29.7. The molecule has 0 N–H and O–H groups in total. The molecule has 0 spiro atoms. The first-order valence-corrected chi connectivity index (χ1v) is 28.0. The Bertz CT molecular complexity index is 2890. The molecular weight excluding hydrogens is 950 g/mol. The summed E-state index contributed by atoms with van der Waals surface area (Å²) in [5, 5.41) is 0. The molecule has 6 aliphatic rings. The molecule has 368 valence electrons. The predicted octanol–water partition coefficient (Wildman–Crippen LogP) is 16.7. The van der Waals surface area contributed by atoms with Crippen LogP contribution in [0.1, 0.15) is 223 Å². The summed E-state index contributed by atoms with van der Waals surface area (Å²) in [4.78, 5) is 5.51. The number of benzene rings is 3. The summed E-state index contributed by atoms with van der Waals surface area (Å²) in [6, 6.07) is 18.2. The van der Waals surface area contributed by atoms with E-state index in [1.807, 2.05) is 0 Å². The molecule has 69 heavy (non-hydrogen) atoms. The van der Waals surface area contributed by atoms with E-state index < -0.39 is 0 Å². The zero-order valence-corrected chi connectivity index (χ0v) is 49.0. The molecule has 4 aromatic rings. The lowest BCUT2D eigenvalue weighted by Crippen LogP contribution is -2.62. The van der Waals surface area contributed by atoms with Crippen molar-refractivity contribution in [1.29, 1.82) is 0 Å². The lowest BCUT2D eigenvalue weighted by molar-refractivity contribution is 0.213. The van der Waals surface area contributed by atoms with Crippen molar-refractivity contribution in [3.05, 3.63) is 105 Å². The summed E-state index contributed by atoms with van der Waals surface area (Å²) in [6.45, 7) is 51.6. The molecule has 3 nitrogen and oxygen atoms in total. The Morgan fingerprint density at radius 2 is 1.07 bits per heavy atom. The predicted molar refractivity (Wildman–Crippen MR) is 308 cm³/mol. The van der Waals surface area contributed by atoms with Gasteiger partial charge in [0.25, 0.3) is 6.71 Å². The summed E-state index contributed by atoms with van der Waals surface area (Å²) in [6.07, 6.45) is 12.3. The van der Waals surface area contributed by atoms with E-state index in [0.717, 1.165) is 18.5 Å². The van der Waals surface area contributed by atoms with Crippen LogP contribution in [-0.4, -0.2) is 10.1 Å². The quantitative estimate of drug-likeness (QED) is 0.102. The van der Waals surface area contributed by atoms with E-state index in [4.69, 9.17) is 4.42 Å². The molecule has 2 aliphatic heterocycles. The summed E-state index contributed by atoms with van der Waals surface area (Å²) in [7, 11) is 0. The van der Waals surface area contributed by atoms with Crippen molar-refractivity contribution >= 4 is 74.3 Å². The van der Waals surface area contributed by atoms with Crippen LogP contribution in [0.3, 0.4) is 0 Å². The van der Waals surface area contributed by atoms with Gasteiger partial charge < -0.3 is 14.2 Å². The van der Waals surface area contributed by atoms with E-state index in [1.165, 1.54) is 115 Å². The van der Waals surface area contributed by atoms with E-state index in [0.29, 0.717) is 11.8 Å². The van der Waals surface area contributed by atoms with Gasteiger partial charge in [0.05, 0.1) is 11.3 Å². The van der Waals surface area contributed by atoms with Gasteiger partial charge in [-0.3, -0.25) is 0 Å². The van der Waals surface area contributed by atoms with Gasteiger partial charge in [0.1, 0.15) is 5.76 Å². The van der Waals surface area contributed by atoms with Gasteiger partial charge in [-0.15, -0.1) is 0 Å². The fourth-order valence-electron chi connectivity index (χ4n) is 14.0. The van der Waals surface area contributed by atoms with Gasteiger partial charge in [-0.25, -0.2) is 0 Å². The van der Waals surface area contributed by atoms with E-state index in [1.54, 1.807) is 0 Å². The molecule has 0 bridgehead atoms. The first kappa shape index (κ1) is 49.4. The number of rotatable bonds is 3. The van der Waals surface area contributed by atoms with Gasteiger partial charge in [-0.05, 0) is 170 Å². The van der Waals surface area contributed by atoms with Crippen LogP contribution in [-0.2, 0) is 37.9 Å². The van der Waals surface area contributed by atoms with Gasteiger partial charge in [0, 0.05) is 42.8 Å². The molecule has 5 heteroatoms. The van der Waals surface area contributed by atoms with Crippen molar-refractivity contribution in [2.75, 3.05) is 9.80 Å². The van der Waals surface area contributed by atoms with Gasteiger partial charge in [0.2, 0.25) is 0 Å². The Balaban J connectivity index is 1.39. The first-order valence-electron chi connectivity index (χ1n) is 26.9. The average Bonchev–Trinajstić information content (AvgIpc) is 3.64. The molecular formula is C64H86BIN2O. The zero-order chi connectivity index (χ0) is 50.5. The summed E-state index contributed by atoms with van der Waals surface area (Å²) in [5.41, 5.74) is 21.9. The van der Waals surface area contributed by atoms with Crippen molar-refractivity contribution in [1.82, 2.24) is 0 Å². The SMILES string of the molecule is CC1=CC(C(C)(C)I)C(C(C)(C)C)C=C1N1c2cc3c(cc2B2c4oc5c(c4N(c4ccc6c(c4)C(C)(C)CCC6(C)C)c4cc(C(C)(C)C)cc1c42)C(C)(C)CCC5(C)C)C(C)(C)CCC3(C)C. The second kappa shape index (κ2) is 15.0. The Kier molecular flexibility index (Phi) is 10.7. The van der Waals surface area contributed by atoms with Crippen molar-refractivity contribution in [2.45, 2.75) is 225 Å². The maximum atomic E-state index is 7.89. The molecule has 0 radical (unpaired) electrons. The number of halogens is 1. The number of anilines is 5. The number of hydrogen-bond donors (Lipinski definition) is 0. The highest BCUT2D eigenvalue weighted by atomic mass is 127. The van der Waals surface area contributed by atoms with Gasteiger partial charge in [0.15, 0.2) is 0 Å². The van der Waals surface area contributed by atoms with Crippen molar-refractivity contribution in [2.24, 2.45) is 17.3 Å². The highest BCUT2D eigenvalue weighted by Crippen LogP contribution is 2.58. The Labute approximate surface area is 433 Å². The molecule has 1 aromatic heterocycles. The molecule has 4 aliphatic carbocycles. The van der Waals surface area contributed by atoms with E-state index in [9.17, 15) is 0 Å². The molecule has 0 saturated carbocycles. The van der Waals surface area contributed by atoms with Gasteiger partial charge >= 0.3 is 0 Å². The maximum absolute atomic E-state index is 7.89. The Morgan fingerprint density at radius 3 is 1.62 bits per heavy atom. The molecule has 3 aromatic carbocycles. The minimum absolute atomic E-state index is 0.0416. The Hall–Kier alpha value is -3.19. The number of fused-ring (bicyclic) bond motifs is 8. The lowest BCUT2D eigenvalue weighted by atomic mass is 9.34. The van der Waals surface area contributed by atoms with Crippen LogP contribution in [0.25, 0.3) is 0 Å². The Morgan fingerprint density at radius 1 is 0.565 bits per heavy atom. The zero-order valence-electron chi connectivity index (χ0n) is 46.9. The van der Waals surface area contributed by atoms with Crippen LogP contribution in [0, 0.1) is 17.3 Å². The van der Waals surface area contributed by atoms with Crippen LogP contribution >= 0.6 is 22.6 Å². The van der Waals surface area contributed by atoms with Crippen molar-refractivity contribution in [3.63, 3.8) is 0 Å². The minimum atomic E-state index is -0.115. The van der Waals surface area contributed by atoms with Crippen molar-refractivity contribution < 1.29 is 4.42 Å². The monoisotopic (exact) mass is 1040 g/mol. The normalized spacial score (nSPS) is 24.5. The highest BCUT2D eigenvalue weighted by molar-refractivity contribution is 14.1. The van der Waals surface area contributed by atoms with Crippen LogP contribution in [0.15, 0.2) is 70.3 Å². The maximum Gasteiger partial charge on any atom is 0.297 e. The van der Waals surface area contributed by atoms with Crippen molar-refractivity contribution in [3.8, 4) is 0 Å². The molecule has 2 unspecified atom stereocenters. The molecule has 0 fully saturated rings. The molecule has 0 saturated heterocycles.